The first kappa shape index (κ1) is 17.7. The zero-order chi connectivity index (χ0) is 14.8. The molecule has 0 heterocycles. The molecule has 0 aliphatic carbocycles. The highest BCUT2D eigenvalue weighted by atomic mass is 16.4. The number of aliphatic hydroxyl groups excluding tert-OH is 1. The van der Waals surface area contributed by atoms with Gasteiger partial charge in [0.1, 0.15) is 0 Å². The number of carboxylic acid groups (broad SMARTS) is 1. The fourth-order valence-electron chi connectivity index (χ4n) is 1.74. The smallest absolute Gasteiger partial charge is 0.317 e. The lowest BCUT2D eigenvalue weighted by atomic mass is 10.0. The summed E-state index contributed by atoms with van der Waals surface area (Å²) in [6, 6.07) is -0.147. The summed E-state index contributed by atoms with van der Waals surface area (Å²) in [6.45, 7) is 6.55. The van der Waals surface area contributed by atoms with Gasteiger partial charge in [0.15, 0.2) is 0 Å². The van der Waals surface area contributed by atoms with Gasteiger partial charge in [-0.1, -0.05) is 6.92 Å². The highest BCUT2D eigenvalue weighted by Crippen LogP contribution is 2.09. The average molecular weight is 274 g/mol. The van der Waals surface area contributed by atoms with Gasteiger partial charge in [0.2, 0.25) is 0 Å². The summed E-state index contributed by atoms with van der Waals surface area (Å²) in [5, 5.41) is 20.3. The molecule has 1 unspecified atom stereocenters. The summed E-state index contributed by atoms with van der Waals surface area (Å²) in [5.74, 6) is -0.522. The monoisotopic (exact) mass is 274 g/mol. The first-order valence-corrected chi connectivity index (χ1v) is 6.75. The lowest BCUT2D eigenvalue weighted by Crippen LogP contribution is -2.45. The molecule has 0 aromatic carbocycles. The molecule has 6 heteroatoms. The maximum absolute atomic E-state index is 11.8. The van der Waals surface area contributed by atoms with Crippen LogP contribution in [0.5, 0.6) is 0 Å². The second-order valence-electron chi connectivity index (χ2n) is 5.07. The quantitative estimate of drug-likeness (QED) is 0.591. The second kappa shape index (κ2) is 9.61. The second-order valence-corrected chi connectivity index (χ2v) is 5.07. The number of carbonyl (C=O) groups is 2. The van der Waals surface area contributed by atoms with Crippen molar-refractivity contribution in [3.05, 3.63) is 0 Å². The topological polar surface area (TPSA) is 89.9 Å². The number of urea groups is 1. The molecule has 2 amide bonds. The Morgan fingerprint density at radius 3 is 2.32 bits per heavy atom. The number of hydrogen-bond acceptors (Lipinski definition) is 3. The van der Waals surface area contributed by atoms with Crippen LogP contribution in [0.2, 0.25) is 0 Å². The van der Waals surface area contributed by atoms with Gasteiger partial charge in [-0.15, -0.1) is 0 Å². The third-order valence-corrected chi connectivity index (χ3v) is 2.99. The maximum atomic E-state index is 11.8. The minimum Gasteiger partial charge on any atom is -0.481 e. The van der Waals surface area contributed by atoms with Gasteiger partial charge in [-0.25, -0.2) is 4.79 Å². The average Bonchev–Trinajstić information content (AvgIpc) is 2.32. The summed E-state index contributed by atoms with van der Waals surface area (Å²) in [7, 11) is 0. The summed E-state index contributed by atoms with van der Waals surface area (Å²) >= 11 is 0. The summed E-state index contributed by atoms with van der Waals surface area (Å²) in [4.78, 5) is 23.8. The molecule has 6 nitrogen and oxygen atoms in total. The van der Waals surface area contributed by atoms with Gasteiger partial charge >= 0.3 is 12.0 Å². The minimum atomic E-state index is -0.787. The number of amides is 2. The van der Waals surface area contributed by atoms with Crippen LogP contribution in [-0.4, -0.2) is 52.9 Å². The first-order valence-electron chi connectivity index (χ1n) is 6.75. The molecule has 112 valence electrons. The van der Waals surface area contributed by atoms with Gasteiger partial charge in [-0.05, 0) is 32.6 Å². The van der Waals surface area contributed by atoms with E-state index >= 15 is 0 Å². The molecule has 0 aromatic heterocycles. The van der Waals surface area contributed by atoms with Gasteiger partial charge in [0.05, 0.1) is 6.61 Å². The van der Waals surface area contributed by atoms with Crippen LogP contribution in [0.15, 0.2) is 0 Å². The molecule has 0 saturated heterocycles. The number of carboxylic acids is 1. The largest absolute Gasteiger partial charge is 0.481 e. The van der Waals surface area contributed by atoms with Crippen LogP contribution in [0.1, 0.15) is 40.0 Å². The number of carbonyl (C=O) groups excluding carboxylic acids is 1. The van der Waals surface area contributed by atoms with Crippen molar-refractivity contribution in [2.75, 3.05) is 19.7 Å². The molecule has 19 heavy (non-hydrogen) atoms. The number of nitrogens with one attached hydrogen (secondary N) is 1. The van der Waals surface area contributed by atoms with Crippen LogP contribution in [0.3, 0.4) is 0 Å². The molecule has 0 aromatic rings. The maximum Gasteiger partial charge on any atom is 0.317 e. The van der Waals surface area contributed by atoms with E-state index in [2.05, 4.69) is 5.32 Å². The Bertz CT molecular complexity index is 282. The van der Waals surface area contributed by atoms with Crippen LogP contribution in [0, 0.1) is 5.92 Å². The van der Waals surface area contributed by atoms with Crippen molar-refractivity contribution in [1.82, 2.24) is 10.2 Å². The van der Waals surface area contributed by atoms with Crippen molar-refractivity contribution in [1.29, 1.82) is 0 Å². The summed E-state index contributed by atoms with van der Waals surface area (Å²) in [6.07, 6.45) is 1.54. The van der Waals surface area contributed by atoms with Gasteiger partial charge < -0.3 is 20.4 Å². The van der Waals surface area contributed by atoms with Gasteiger partial charge in [0.25, 0.3) is 0 Å². The predicted molar refractivity (Wildman–Crippen MR) is 73.0 cm³/mol. The van der Waals surface area contributed by atoms with Crippen LogP contribution in [0.25, 0.3) is 0 Å². The normalized spacial score (nSPS) is 12.3. The lowest BCUT2D eigenvalue weighted by Gasteiger charge is -2.26. The van der Waals surface area contributed by atoms with Crippen LogP contribution >= 0.6 is 0 Å². The minimum absolute atomic E-state index is 0.0385. The third kappa shape index (κ3) is 8.42. The third-order valence-electron chi connectivity index (χ3n) is 2.99. The number of aliphatic carboxylic acids is 1. The Hall–Kier alpha value is -1.30. The standard InChI is InChI=1S/C13H26N2O4/c1-10(2)15(8-9-16)13(19)14-7-6-11(3)4-5-12(17)18/h10-11,16H,4-9H2,1-3H3,(H,14,19)(H,17,18). The van der Waals surface area contributed by atoms with Crippen molar-refractivity contribution in [2.45, 2.75) is 46.1 Å². The highest BCUT2D eigenvalue weighted by molar-refractivity contribution is 5.74. The van der Waals surface area contributed by atoms with E-state index in [0.717, 1.165) is 6.42 Å². The van der Waals surface area contributed by atoms with Crippen molar-refractivity contribution >= 4 is 12.0 Å². The fourth-order valence-corrected chi connectivity index (χ4v) is 1.74. The number of nitrogens with zero attached hydrogens (tertiary/aromatic N) is 1. The Morgan fingerprint density at radius 2 is 1.84 bits per heavy atom. The highest BCUT2D eigenvalue weighted by Gasteiger charge is 2.15. The van der Waals surface area contributed by atoms with Crippen molar-refractivity contribution < 1.29 is 19.8 Å². The van der Waals surface area contributed by atoms with E-state index in [-0.39, 0.29) is 31.0 Å². The zero-order valence-corrected chi connectivity index (χ0v) is 12.1. The van der Waals surface area contributed by atoms with E-state index in [4.69, 9.17) is 10.2 Å². The van der Waals surface area contributed by atoms with Crippen LogP contribution in [0.4, 0.5) is 4.79 Å². The SMILES string of the molecule is CC(CCNC(=O)N(CCO)C(C)C)CCC(=O)O. The summed E-state index contributed by atoms with van der Waals surface area (Å²) < 4.78 is 0. The van der Waals surface area contributed by atoms with E-state index in [0.29, 0.717) is 19.5 Å². The van der Waals surface area contributed by atoms with Gasteiger partial charge in [-0.2, -0.15) is 0 Å². The molecule has 0 rings (SSSR count). The van der Waals surface area contributed by atoms with Crippen molar-refractivity contribution in [3.8, 4) is 0 Å². The predicted octanol–water partition coefficient (Wildman–Crippen LogP) is 1.29. The molecule has 3 N–H and O–H groups in total. The molecule has 0 saturated carbocycles. The van der Waals surface area contributed by atoms with Gasteiger partial charge in [-0.3, -0.25) is 4.79 Å². The molecule has 0 bridgehead atoms. The number of hydrogen-bond donors (Lipinski definition) is 3. The lowest BCUT2D eigenvalue weighted by molar-refractivity contribution is -0.137. The zero-order valence-electron chi connectivity index (χ0n) is 12.1. The molecule has 1 atom stereocenters. The van der Waals surface area contributed by atoms with Crippen LogP contribution < -0.4 is 5.32 Å². The van der Waals surface area contributed by atoms with E-state index in [1.807, 2.05) is 20.8 Å². The van der Waals surface area contributed by atoms with E-state index in [1.54, 1.807) is 4.90 Å². The number of aliphatic hydroxyl groups is 1. The Morgan fingerprint density at radius 1 is 1.21 bits per heavy atom. The van der Waals surface area contributed by atoms with Crippen molar-refractivity contribution in [2.24, 2.45) is 5.92 Å². The fraction of sp³-hybridized carbons (Fsp3) is 0.846. The van der Waals surface area contributed by atoms with E-state index in [9.17, 15) is 9.59 Å². The molecular formula is C13H26N2O4. The first-order chi connectivity index (χ1) is 8.88. The molecule has 0 spiro atoms. The Balaban J connectivity index is 3.91. The number of rotatable bonds is 9. The molecular weight excluding hydrogens is 248 g/mol. The van der Waals surface area contributed by atoms with E-state index < -0.39 is 5.97 Å². The summed E-state index contributed by atoms with van der Waals surface area (Å²) in [5.41, 5.74) is 0. The molecule has 0 aliphatic heterocycles. The Kier molecular flexibility index (Phi) is 8.95. The van der Waals surface area contributed by atoms with E-state index in [1.165, 1.54) is 0 Å². The molecule has 0 fully saturated rings. The molecule has 0 radical (unpaired) electrons. The Labute approximate surface area is 114 Å². The van der Waals surface area contributed by atoms with Crippen molar-refractivity contribution in [3.63, 3.8) is 0 Å². The van der Waals surface area contributed by atoms with Gasteiger partial charge in [0, 0.05) is 25.6 Å². The molecule has 0 aliphatic rings. The van der Waals surface area contributed by atoms with Crippen LogP contribution in [-0.2, 0) is 4.79 Å².